The van der Waals surface area contributed by atoms with Crippen LogP contribution in [0.25, 0.3) is 0 Å². The number of hydrogen-bond acceptors (Lipinski definition) is 4. The fourth-order valence-corrected chi connectivity index (χ4v) is 2.04. The summed E-state index contributed by atoms with van der Waals surface area (Å²) in [7, 11) is 0. The van der Waals surface area contributed by atoms with Crippen LogP contribution < -0.4 is 5.73 Å². The summed E-state index contributed by atoms with van der Waals surface area (Å²) in [4.78, 5) is 23.7. The van der Waals surface area contributed by atoms with Gasteiger partial charge >= 0.3 is 0 Å². The van der Waals surface area contributed by atoms with E-state index in [1.165, 1.54) is 12.1 Å². The SMILES string of the molecule is Cl.NC1CCN(C(=O)Cc2ccc([N+](=O)[O-])cc2)C1. The van der Waals surface area contributed by atoms with E-state index in [0.717, 1.165) is 12.0 Å². The Morgan fingerprint density at radius 3 is 2.53 bits per heavy atom. The van der Waals surface area contributed by atoms with Crippen LogP contribution in [-0.4, -0.2) is 34.9 Å². The highest BCUT2D eigenvalue weighted by Crippen LogP contribution is 2.14. The predicted octanol–water partition coefficient (Wildman–Crippen LogP) is 1.12. The molecule has 2 rings (SSSR count). The number of carbonyl (C=O) groups excluding carboxylic acids is 1. The fourth-order valence-electron chi connectivity index (χ4n) is 2.04. The van der Waals surface area contributed by atoms with E-state index >= 15 is 0 Å². The molecule has 1 saturated heterocycles. The first-order valence-corrected chi connectivity index (χ1v) is 5.83. The monoisotopic (exact) mass is 285 g/mol. The average Bonchev–Trinajstić information content (AvgIpc) is 2.76. The maximum atomic E-state index is 11.9. The van der Waals surface area contributed by atoms with Gasteiger partial charge in [0.15, 0.2) is 0 Å². The van der Waals surface area contributed by atoms with Gasteiger partial charge in [-0.25, -0.2) is 0 Å². The number of rotatable bonds is 3. The van der Waals surface area contributed by atoms with Gasteiger partial charge in [0.05, 0.1) is 11.3 Å². The molecule has 0 aromatic heterocycles. The molecule has 1 heterocycles. The van der Waals surface area contributed by atoms with E-state index in [0.29, 0.717) is 13.1 Å². The highest BCUT2D eigenvalue weighted by molar-refractivity contribution is 5.85. The van der Waals surface area contributed by atoms with Crippen molar-refractivity contribution in [2.75, 3.05) is 13.1 Å². The molecule has 1 unspecified atom stereocenters. The number of amides is 1. The van der Waals surface area contributed by atoms with Crippen LogP contribution in [0.5, 0.6) is 0 Å². The summed E-state index contributed by atoms with van der Waals surface area (Å²) in [5, 5.41) is 10.5. The average molecular weight is 286 g/mol. The number of nitrogens with two attached hydrogens (primary N) is 1. The number of non-ortho nitro benzene ring substituents is 1. The molecule has 1 aliphatic rings. The molecule has 6 nitrogen and oxygen atoms in total. The van der Waals surface area contributed by atoms with Crippen molar-refractivity contribution in [1.82, 2.24) is 4.90 Å². The van der Waals surface area contributed by atoms with E-state index in [-0.39, 0.29) is 36.5 Å². The molecule has 1 fully saturated rings. The highest BCUT2D eigenvalue weighted by atomic mass is 35.5. The quantitative estimate of drug-likeness (QED) is 0.665. The summed E-state index contributed by atoms with van der Waals surface area (Å²) in [6.45, 7) is 1.30. The lowest BCUT2D eigenvalue weighted by Crippen LogP contribution is -2.32. The zero-order valence-electron chi connectivity index (χ0n) is 10.3. The third-order valence-corrected chi connectivity index (χ3v) is 3.08. The Morgan fingerprint density at radius 2 is 2.05 bits per heavy atom. The summed E-state index contributed by atoms with van der Waals surface area (Å²) in [5.74, 6) is 0.0248. The topological polar surface area (TPSA) is 89.5 Å². The lowest BCUT2D eigenvalue weighted by atomic mass is 10.1. The van der Waals surface area contributed by atoms with E-state index in [2.05, 4.69) is 0 Å². The minimum atomic E-state index is -0.453. The van der Waals surface area contributed by atoms with Crippen LogP contribution in [0.2, 0.25) is 0 Å². The van der Waals surface area contributed by atoms with E-state index in [1.54, 1.807) is 17.0 Å². The highest BCUT2D eigenvalue weighted by Gasteiger charge is 2.23. The first-order chi connectivity index (χ1) is 8.56. The molecule has 2 N–H and O–H groups in total. The zero-order valence-corrected chi connectivity index (χ0v) is 11.1. The Balaban J connectivity index is 0.00000180. The predicted molar refractivity (Wildman–Crippen MR) is 73.2 cm³/mol. The molecule has 0 aliphatic carbocycles. The van der Waals surface area contributed by atoms with Gasteiger partial charge in [-0.3, -0.25) is 14.9 Å². The van der Waals surface area contributed by atoms with Crippen molar-refractivity contribution in [3.05, 3.63) is 39.9 Å². The van der Waals surface area contributed by atoms with Crippen LogP contribution in [-0.2, 0) is 11.2 Å². The Bertz CT molecular complexity index is 464. The molecular formula is C12H16ClN3O3. The van der Waals surface area contributed by atoms with Gasteiger partial charge in [-0.05, 0) is 12.0 Å². The third-order valence-electron chi connectivity index (χ3n) is 3.08. The normalized spacial score (nSPS) is 17.9. The first-order valence-electron chi connectivity index (χ1n) is 5.83. The molecule has 1 amide bonds. The molecule has 0 bridgehead atoms. The van der Waals surface area contributed by atoms with E-state index in [1.807, 2.05) is 0 Å². The van der Waals surface area contributed by atoms with Crippen molar-refractivity contribution in [1.29, 1.82) is 0 Å². The van der Waals surface area contributed by atoms with Crippen LogP contribution in [0.15, 0.2) is 24.3 Å². The fraction of sp³-hybridized carbons (Fsp3) is 0.417. The minimum absolute atomic E-state index is 0. The lowest BCUT2D eigenvalue weighted by Gasteiger charge is -2.15. The summed E-state index contributed by atoms with van der Waals surface area (Å²) in [6.07, 6.45) is 1.11. The number of carbonyl (C=O) groups is 1. The van der Waals surface area contributed by atoms with Crippen molar-refractivity contribution in [2.45, 2.75) is 18.9 Å². The molecule has 19 heavy (non-hydrogen) atoms. The van der Waals surface area contributed by atoms with Gasteiger partial charge in [-0.2, -0.15) is 0 Å². The lowest BCUT2D eigenvalue weighted by molar-refractivity contribution is -0.384. The second-order valence-electron chi connectivity index (χ2n) is 4.49. The summed E-state index contributed by atoms with van der Waals surface area (Å²) in [5.41, 5.74) is 6.56. The van der Waals surface area contributed by atoms with Gasteiger partial charge < -0.3 is 10.6 Å². The summed E-state index contributed by atoms with van der Waals surface area (Å²) in [6, 6.07) is 6.14. The van der Waals surface area contributed by atoms with Gasteiger partial charge in [-0.15, -0.1) is 12.4 Å². The molecule has 1 aromatic rings. The maximum absolute atomic E-state index is 11.9. The third kappa shape index (κ3) is 3.90. The van der Waals surface area contributed by atoms with E-state index in [4.69, 9.17) is 5.73 Å². The van der Waals surface area contributed by atoms with Gasteiger partial charge in [-0.1, -0.05) is 12.1 Å². The van der Waals surface area contributed by atoms with E-state index < -0.39 is 4.92 Å². The Hall–Kier alpha value is -1.66. The first kappa shape index (κ1) is 15.4. The van der Waals surface area contributed by atoms with E-state index in [9.17, 15) is 14.9 Å². The molecule has 1 aliphatic heterocycles. The Labute approximate surface area is 117 Å². The molecule has 1 atom stereocenters. The van der Waals surface area contributed by atoms with Gasteiger partial charge in [0, 0.05) is 31.3 Å². The number of likely N-dealkylation sites (tertiary alicyclic amines) is 1. The van der Waals surface area contributed by atoms with Crippen molar-refractivity contribution in [3.8, 4) is 0 Å². The Kier molecular flexibility index (Phi) is 5.26. The van der Waals surface area contributed by atoms with Crippen molar-refractivity contribution in [3.63, 3.8) is 0 Å². The molecule has 0 spiro atoms. The molecule has 104 valence electrons. The zero-order chi connectivity index (χ0) is 13.1. The number of nitro benzene ring substituents is 1. The van der Waals surface area contributed by atoms with Crippen LogP contribution in [0.4, 0.5) is 5.69 Å². The second kappa shape index (κ2) is 6.49. The second-order valence-corrected chi connectivity index (χ2v) is 4.49. The molecule has 1 aromatic carbocycles. The minimum Gasteiger partial charge on any atom is -0.341 e. The summed E-state index contributed by atoms with van der Waals surface area (Å²) < 4.78 is 0. The van der Waals surface area contributed by atoms with Gasteiger partial charge in [0.25, 0.3) is 5.69 Å². The number of halogens is 1. The van der Waals surface area contributed by atoms with Crippen molar-refractivity contribution < 1.29 is 9.72 Å². The molecule has 0 radical (unpaired) electrons. The number of benzene rings is 1. The van der Waals surface area contributed by atoms with Crippen molar-refractivity contribution in [2.24, 2.45) is 5.73 Å². The van der Waals surface area contributed by atoms with Crippen molar-refractivity contribution >= 4 is 24.0 Å². The van der Waals surface area contributed by atoms with Crippen LogP contribution in [0.3, 0.4) is 0 Å². The molecule has 0 saturated carbocycles. The van der Waals surface area contributed by atoms with Gasteiger partial charge in [0.2, 0.25) is 5.91 Å². The summed E-state index contributed by atoms with van der Waals surface area (Å²) >= 11 is 0. The van der Waals surface area contributed by atoms with Gasteiger partial charge in [0.1, 0.15) is 0 Å². The molecular weight excluding hydrogens is 270 g/mol. The van der Waals surface area contributed by atoms with Crippen LogP contribution >= 0.6 is 12.4 Å². The molecule has 7 heteroatoms. The number of nitro groups is 1. The largest absolute Gasteiger partial charge is 0.341 e. The van der Waals surface area contributed by atoms with Crippen LogP contribution in [0.1, 0.15) is 12.0 Å². The Morgan fingerprint density at radius 1 is 1.42 bits per heavy atom. The van der Waals surface area contributed by atoms with Crippen LogP contribution in [0, 0.1) is 10.1 Å². The standard InChI is InChI=1S/C12H15N3O3.ClH/c13-10-5-6-14(8-10)12(16)7-9-1-3-11(4-2-9)15(17)18;/h1-4,10H,5-8,13H2;1H. The number of hydrogen-bond donors (Lipinski definition) is 1. The smallest absolute Gasteiger partial charge is 0.269 e. The number of nitrogens with zero attached hydrogens (tertiary/aromatic N) is 2. The maximum Gasteiger partial charge on any atom is 0.269 e.